The Balaban J connectivity index is 2.93. The molecular weight excluding hydrogens is 303 g/mol. The molecule has 0 aliphatic carbocycles. The molecule has 6 heteroatoms. The molecule has 0 fully saturated rings. The fourth-order valence-corrected chi connectivity index (χ4v) is 1.39. The minimum absolute atomic E-state index is 0.0543. The summed E-state index contributed by atoms with van der Waals surface area (Å²) in [6.07, 6.45) is 0. The number of hydrogen-bond donors (Lipinski definition) is 2. The summed E-state index contributed by atoms with van der Waals surface area (Å²) in [5.41, 5.74) is 5.18. The van der Waals surface area contributed by atoms with E-state index in [1.807, 2.05) is 13.8 Å². The fraction of sp³-hybridized carbons (Fsp3) is 0.333. The summed E-state index contributed by atoms with van der Waals surface area (Å²) in [5, 5.41) is 2.42. The Morgan fingerprint density at radius 3 is 2.50 bits per heavy atom. The number of primary amides is 1. The van der Waals surface area contributed by atoms with Gasteiger partial charge in [0.05, 0.1) is 10.5 Å². The molecule has 2 amide bonds. The molecule has 1 atom stereocenters. The lowest BCUT2D eigenvalue weighted by Crippen LogP contribution is -2.27. The summed E-state index contributed by atoms with van der Waals surface area (Å²) in [7, 11) is 0. The van der Waals surface area contributed by atoms with E-state index in [0.29, 0.717) is 0 Å². The van der Waals surface area contributed by atoms with Crippen LogP contribution in [0.15, 0.2) is 18.2 Å². The first kappa shape index (κ1) is 14.6. The Bertz CT molecular complexity index is 477. The van der Waals surface area contributed by atoms with E-state index < -0.39 is 16.6 Å². The molecule has 3 N–H and O–H groups in total. The molecule has 0 saturated heterocycles. The topological polar surface area (TPSA) is 72.2 Å². The number of rotatable bonds is 4. The van der Waals surface area contributed by atoms with Crippen molar-refractivity contribution in [2.45, 2.75) is 18.7 Å². The molecule has 98 valence electrons. The van der Waals surface area contributed by atoms with Crippen LogP contribution >= 0.6 is 15.9 Å². The van der Waals surface area contributed by atoms with Crippen molar-refractivity contribution in [1.29, 1.82) is 0 Å². The maximum Gasteiger partial charge on any atom is 0.248 e. The van der Waals surface area contributed by atoms with Crippen molar-refractivity contribution in [3.05, 3.63) is 29.6 Å². The third-order valence-electron chi connectivity index (χ3n) is 2.34. The Hall–Kier alpha value is -1.43. The summed E-state index contributed by atoms with van der Waals surface area (Å²) in [5.74, 6) is -1.60. The number of carbonyl (C=O) groups is 2. The number of carbonyl (C=O) groups excluding carboxylic acids is 2. The van der Waals surface area contributed by atoms with Crippen LogP contribution in [0.2, 0.25) is 0 Å². The molecule has 0 saturated carbocycles. The molecule has 0 radical (unpaired) electrons. The average Bonchev–Trinajstić information content (AvgIpc) is 2.30. The second-order valence-corrected chi connectivity index (χ2v) is 5.18. The van der Waals surface area contributed by atoms with E-state index in [1.54, 1.807) is 0 Å². The van der Waals surface area contributed by atoms with Crippen molar-refractivity contribution in [3.63, 3.8) is 0 Å². The molecule has 0 aliphatic heterocycles. The molecule has 4 nitrogen and oxygen atoms in total. The Labute approximate surface area is 113 Å². The van der Waals surface area contributed by atoms with Crippen LogP contribution in [0.25, 0.3) is 0 Å². The molecule has 18 heavy (non-hydrogen) atoms. The summed E-state index contributed by atoms with van der Waals surface area (Å²) in [6, 6.07) is 3.57. The molecule has 0 bridgehead atoms. The SMILES string of the molecule is CC(C)C(Br)C(=O)Nc1cc(C(N)=O)ccc1F. The lowest BCUT2D eigenvalue weighted by atomic mass is 10.1. The van der Waals surface area contributed by atoms with Crippen LogP contribution < -0.4 is 11.1 Å². The summed E-state index contributed by atoms with van der Waals surface area (Å²) in [6.45, 7) is 3.71. The number of halogens is 2. The number of nitrogens with one attached hydrogen (secondary N) is 1. The minimum atomic E-state index is -0.676. The molecule has 0 aromatic heterocycles. The summed E-state index contributed by atoms with van der Waals surface area (Å²) in [4.78, 5) is 22.3. The van der Waals surface area contributed by atoms with Crippen molar-refractivity contribution < 1.29 is 14.0 Å². The van der Waals surface area contributed by atoms with Gasteiger partial charge in [-0.15, -0.1) is 0 Å². The van der Waals surface area contributed by atoms with Gasteiger partial charge in [-0.3, -0.25) is 9.59 Å². The highest BCUT2D eigenvalue weighted by Gasteiger charge is 2.20. The normalized spacial score (nSPS) is 12.3. The van der Waals surface area contributed by atoms with Gasteiger partial charge in [0.1, 0.15) is 5.82 Å². The zero-order chi connectivity index (χ0) is 13.9. The van der Waals surface area contributed by atoms with Crippen molar-refractivity contribution in [1.82, 2.24) is 0 Å². The van der Waals surface area contributed by atoms with Crippen LogP contribution in [0.4, 0.5) is 10.1 Å². The highest BCUT2D eigenvalue weighted by Crippen LogP contribution is 2.19. The number of amides is 2. The number of hydrogen-bond acceptors (Lipinski definition) is 2. The predicted molar refractivity (Wildman–Crippen MR) is 71.1 cm³/mol. The minimum Gasteiger partial charge on any atom is -0.366 e. The number of benzene rings is 1. The van der Waals surface area contributed by atoms with Crippen LogP contribution in [0.5, 0.6) is 0 Å². The van der Waals surface area contributed by atoms with Crippen molar-refractivity contribution in [3.8, 4) is 0 Å². The first-order chi connectivity index (χ1) is 8.32. The van der Waals surface area contributed by atoms with Crippen LogP contribution in [0.3, 0.4) is 0 Å². The molecule has 0 spiro atoms. The zero-order valence-electron chi connectivity index (χ0n) is 10.0. The van der Waals surface area contributed by atoms with E-state index in [9.17, 15) is 14.0 Å². The highest BCUT2D eigenvalue weighted by molar-refractivity contribution is 9.10. The third-order valence-corrected chi connectivity index (χ3v) is 3.82. The van der Waals surface area contributed by atoms with Gasteiger partial charge in [-0.2, -0.15) is 0 Å². The van der Waals surface area contributed by atoms with Gasteiger partial charge in [-0.25, -0.2) is 4.39 Å². The van der Waals surface area contributed by atoms with E-state index >= 15 is 0 Å². The fourth-order valence-electron chi connectivity index (χ4n) is 1.28. The lowest BCUT2D eigenvalue weighted by molar-refractivity contribution is -0.116. The Morgan fingerprint density at radius 2 is 2.00 bits per heavy atom. The summed E-state index contributed by atoms with van der Waals surface area (Å²) < 4.78 is 13.5. The molecule has 0 heterocycles. The van der Waals surface area contributed by atoms with Gasteiger partial charge in [-0.05, 0) is 24.1 Å². The van der Waals surface area contributed by atoms with Gasteiger partial charge in [0, 0.05) is 5.56 Å². The number of alkyl halides is 1. The van der Waals surface area contributed by atoms with E-state index in [1.165, 1.54) is 12.1 Å². The maximum absolute atomic E-state index is 13.5. The van der Waals surface area contributed by atoms with Gasteiger partial charge >= 0.3 is 0 Å². The van der Waals surface area contributed by atoms with Gasteiger partial charge in [-0.1, -0.05) is 29.8 Å². The molecule has 1 aromatic rings. The van der Waals surface area contributed by atoms with Crippen LogP contribution in [-0.2, 0) is 4.79 Å². The first-order valence-electron chi connectivity index (χ1n) is 5.37. The lowest BCUT2D eigenvalue weighted by Gasteiger charge is -2.14. The molecular formula is C12H14BrFN2O2. The van der Waals surface area contributed by atoms with E-state index in [0.717, 1.165) is 6.07 Å². The standard InChI is InChI=1S/C12H14BrFN2O2/c1-6(2)10(13)12(18)16-9-5-7(11(15)17)3-4-8(9)14/h3-6,10H,1-2H3,(H2,15,17)(H,16,18). The largest absolute Gasteiger partial charge is 0.366 e. The van der Waals surface area contributed by atoms with Crippen molar-refractivity contribution >= 4 is 33.4 Å². The van der Waals surface area contributed by atoms with Crippen molar-refractivity contribution in [2.75, 3.05) is 5.32 Å². The number of anilines is 1. The van der Waals surface area contributed by atoms with Crippen LogP contribution in [0, 0.1) is 11.7 Å². The monoisotopic (exact) mass is 316 g/mol. The highest BCUT2D eigenvalue weighted by atomic mass is 79.9. The van der Waals surface area contributed by atoms with E-state index in [-0.39, 0.29) is 23.1 Å². The zero-order valence-corrected chi connectivity index (χ0v) is 11.6. The van der Waals surface area contributed by atoms with Crippen LogP contribution in [0.1, 0.15) is 24.2 Å². The Kier molecular flexibility index (Phi) is 4.84. The predicted octanol–water partition coefficient (Wildman–Crippen LogP) is 2.28. The summed E-state index contributed by atoms with van der Waals surface area (Å²) >= 11 is 3.21. The molecule has 1 rings (SSSR count). The Morgan fingerprint density at radius 1 is 1.39 bits per heavy atom. The second kappa shape index (κ2) is 5.95. The van der Waals surface area contributed by atoms with Gasteiger partial charge in [0.15, 0.2) is 0 Å². The van der Waals surface area contributed by atoms with Gasteiger partial charge in [0.2, 0.25) is 11.8 Å². The van der Waals surface area contributed by atoms with Crippen LogP contribution in [-0.4, -0.2) is 16.6 Å². The third kappa shape index (κ3) is 3.53. The van der Waals surface area contributed by atoms with E-state index in [4.69, 9.17) is 5.73 Å². The van der Waals surface area contributed by atoms with Gasteiger partial charge < -0.3 is 11.1 Å². The second-order valence-electron chi connectivity index (χ2n) is 4.19. The van der Waals surface area contributed by atoms with E-state index in [2.05, 4.69) is 21.2 Å². The maximum atomic E-state index is 13.5. The molecule has 0 aliphatic rings. The average molecular weight is 317 g/mol. The molecule has 1 unspecified atom stereocenters. The molecule has 1 aromatic carbocycles. The quantitative estimate of drug-likeness (QED) is 0.836. The first-order valence-corrected chi connectivity index (χ1v) is 6.28. The number of nitrogens with two attached hydrogens (primary N) is 1. The smallest absolute Gasteiger partial charge is 0.248 e. The van der Waals surface area contributed by atoms with Crippen molar-refractivity contribution in [2.24, 2.45) is 11.7 Å². The van der Waals surface area contributed by atoms with Gasteiger partial charge in [0.25, 0.3) is 0 Å².